The van der Waals surface area contributed by atoms with Gasteiger partial charge in [0.05, 0.1) is 11.9 Å². The topological polar surface area (TPSA) is 80.3 Å². The Balaban J connectivity index is -0.000000329. The molecule has 0 N–H and O–H groups in total. The molecular formula is C18H32O4Sn. The molecule has 4 nitrogen and oxygen atoms in total. The van der Waals surface area contributed by atoms with Gasteiger partial charge in [-0.15, -0.1) is 0 Å². The maximum absolute atomic E-state index is 9.14. The second kappa shape index (κ2) is 26.1. The van der Waals surface area contributed by atoms with Crippen LogP contribution in [0, 0.1) is 0 Å². The van der Waals surface area contributed by atoms with Crippen molar-refractivity contribution >= 4 is 33.1 Å². The predicted molar refractivity (Wildman–Crippen MR) is 94.1 cm³/mol. The van der Waals surface area contributed by atoms with Gasteiger partial charge in [0.25, 0.3) is 0 Å². The molecule has 0 aromatic rings. The third-order valence-corrected chi connectivity index (χ3v) is 6.78. The molecule has 0 bridgehead atoms. The second-order valence-corrected chi connectivity index (χ2v) is 9.20. The van der Waals surface area contributed by atoms with E-state index in [0.29, 0.717) is 0 Å². The minimum atomic E-state index is -1.23. The molecule has 5 heteroatoms. The van der Waals surface area contributed by atoms with E-state index in [9.17, 15) is 0 Å². The average Bonchev–Trinajstić information content (AvgIpc) is 2.54. The van der Waals surface area contributed by atoms with Crippen LogP contribution in [0.25, 0.3) is 0 Å². The molecule has 0 aliphatic carbocycles. The van der Waals surface area contributed by atoms with Crippen molar-refractivity contribution in [2.75, 3.05) is 0 Å². The van der Waals surface area contributed by atoms with E-state index < -0.39 is 11.9 Å². The van der Waals surface area contributed by atoms with Crippen LogP contribution in [0.4, 0.5) is 0 Å². The number of rotatable bonds is 12. The third kappa shape index (κ3) is 44.9. The zero-order valence-corrected chi connectivity index (χ0v) is 17.6. The number of hydrogen-bond acceptors (Lipinski definition) is 4. The maximum atomic E-state index is 9.14. The van der Waals surface area contributed by atoms with Crippen LogP contribution in [0.15, 0.2) is 25.3 Å². The van der Waals surface area contributed by atoms with Gasteiger partial charge in [0.1, 0.15) is 0 Å². The summed E-state index contributed by atoms with van der Waals surface area (Å²) in [5, 5.41) is 18.3. The number of carboxylic acid groups (broad SMARTS) is 2. The van der Waals surface area contributed by atoms with Gasteiger partial charge in [-0.3, -0.25) is 0 Å². The monoisotopic (exact) mass is 432 g/mol. The molecule has 0 aromatic carbocycles. The molecular weight excluding hydrogens is 399 g/mol. The van der Waals surface area contributed by atoms with Crippen molar-refractivity contribution in [2.45, 2.75) is 74.1 Å². The van der Waals surface area contributed by atoms with Crippen LogP contribution in [0.3, 0.4) is 0 Å². The van der Waals surface area contributed by atoms with Crippen LogP contribution in [0.5, 0.6) is 0 Å². The van der Waals surface area contributed by atoms with Gasteiger partial charge < -0.3 is 19.8 Å². The first-order valence-electron chi connectivity index (χ1n) is 8.33. The summed E-state index contributed by atoms with van der Waals surface area (Å²) in [6.45, 7) is 10.4. The third-order valence-electron chi connectivity index (χ3n) is 2.75. The van der Waals surface area contributed by atoms with Crippen molar-refractivity contribution < 1.29 is 19.8 Å². The molecule has 0 unspecified atom stereocenters. The van der Waals surface area contributed by atoms with E-state index in [-0.39, 0.29) is 21.1 Å². The standard InChI is InChI=1S/2C6H13.2C3H4O2.Sn/c2*1-3-5-6-4-2;2*1-2-3(4)5;/h2*1,3-6H2,2H3;2*2H,1H2,(H,4,5);/q;;;;+2/p-2. The van der Waals surface area contributed by atoms with E-state index in [1.165, 1.54) is 38.5 Å². The van der Waals surface area contributed by atoms with Gasteiger partial charge >= 0.3 is 95.2 Å². The Labute approximate surface area is 152 Å². The number of unbranched alkanes of at least 4 members (excludes halogenated alkanes) is 6. The Bertz CT molecular complexity index is 263. The fourth-order valence-electron chi connectivity index (χ4n) is 1.48. The van der Waals surface area contributed by atoms with Crippen LogP contribution in [0.2, 0.25) is 8.87 Å². The van der Waals surface area contributed by atoms with E-state index in [2.05, 4.69) is 27.0 Å². The molecule has 0 aromatic heterocycles. The quantitative estimate of drug-likeness (QED) is 0.270. The van der Waals surface area contributed by atoms with Crippen molar-refractivity contribution in [3.8, 4) is 0 Å². The minimum absolute atomic E-state index is 0.104. The van der Waals surface area contributed by atoms with E-state index in [1.54, 1.807) is 21.7 Å². The number of carbonyl (C=O) groups excluding carboxylic acids is 2. The molecule has 23 heavy (non-hydrogen) atoms. The summed E-state index contributed by atoms with van der Waals surface area (Å²) in [7, 11) is 0. The molecule has 132 valence electrons. The van der Waals surface area contributed by atoms with Crippen LogP contribution >= 0.6 is 0 Å². The first-order chi connectivity index (χ1) is 11.0. The van der Waals surface area contributed by atoms with Crippen LogP contribution in [-0.4, -0.2) is 33.1 Å². The van der Waals surface area contributed by atoms with Gasteiger partial charge in [-0.25, -0.2) is 0 Å². The molecule has 0 heterocycles. The molecule has 0 amide bonds. The Morgan fingerprint density at radius 3 is 1.30 bits per heavy atom. The van der Waals surface area contributed by atoms with Gasteiger partial charge in [-0.2, -0.15) is 0 Å². The molecule has 0 spiro atoms. The molecule has 0 rings (SSSR count). The summed E-state index contributed by atoms with van der Waals surface area (Å²) in [6, 6.07) is 0. The van der Waals surface area contributed by atoms with Crippen molar-refractivity contribution in [3.05, 3.63) is 25.3 Å². The van der Waals surface area contributed by atoms with Gasteiger partial charge in [-0.05, 0) is 12.2 Å². The van der Waals surface area contributed by atoms with Crippen molar-refractivity contribution in [2.24, 2.45) is 0 Å². The Morgan fingerprint density at radius 1 is 0.783 bits per heavy atom. The normalized spacial score (nSPS) is 8.43. The van der Waals surface area contributed by atoms with Crippen molar-refractivity contribution in [1.82, 2.24) is 0 Å². The molecule has 0 aliphatic heterocycles. The number of hydrogen-bond donors (Lipinski definition) is 0. The summed E-state index contributed by atoms with van der Waals surface area (Å²) < 4.78 is 3.30. The van der Waals surface area contributed by atoms with Crippen molar-refractivity contribution in [3.63, 3.8) is 0 Å². The molecule has 0 saturated carbocycles. The molecule has 0 radical (unpaired) electrons. The van der Waals surface area contributed by atoms with Crippen LogP contribution < -0.4 is 10.2 Å². The Morgan fingerprint density at radius 2 is 1.09 bits per heavy atom. The second-order valence-electron chi connectivity index (χ2n) is 4.92. The van der Waals surface area contributed by atoms with Gasteiger partial charge in [0.2, 0.25) is 0 Å². The predicted octanol–water partition coefficient (Wildman–Crippen LogP) is 2.53. The summed E-state index contributed by atoms with van der Waals surface area (Å²) in [6.07, 6.45) is 13.3. The fourth-order valence-corrected chi connectivity index (χ4v) is 5.05. The summed E-state index contributed by atoms with van der Waals surface area (Å²) in [5.41, 5.74) is 0. The zero-order valence-electron chi connectivity index (χ0n) is 14.8. The Hall–Kier alpha value is -0.781. The SMILES string of the molecule is C=CC(=O)[O-].C=CC(=O)[O-].CCCCC[CH2][Sn+2][CH2]CCCCC. The van der Waals surface area contributed by atoms with Crippen LogP contribution in [-0.2, 0) is 9.59 Å². The zero-order chi connectivity index (χ0) is 18.3. The fraction of sp³-hybridized carbons (Fsp3) is 0.667. The molecule has 0 fully saturated rings. The van der Waals surface area contributed by atoms with Gasteiger partial charge in [0, 0.05) is 0 Å². The summed E-state index contributed by atoms with van der Waals surface area (Å²) in [5.74, 6) is -2.46. The number of carbonyl (C=O) groups is 2. The van der Waals surface area contributed by atoms with E-state index in [1.807, 2.05) is 0 Å². The van der Waals surface area contributed by atoms with E-state index >= 15 is 0 Å². The summed E-state index contributed by atoms with van der Waals surface area (Å²) >= 11 is 0.104. The molecule has 0 aliphatic rings. The van der Waals surface area contributed by atoms with Gasteiger partial charge in [-0.1, -0.05) is 13.2 Å². The molecule has 0 atom stereocenters. The summed E-state index contributed by atoms with van der Waals surface area (Å²) in [4.78, 5) is 18.3. The van der Waals surface area contributed by atoms with E-state index in [4.69, 9.17) is 19.8 Å². The first-order valence-corrected chi connectivity index (χ1v) is 12.4. The average molecular weight is 431 g/mol. The Kier molecular flexibility index (Phi) is 30.8. The number of carboxylic acids is 2. The van der Waals surface area contributed by atoms with Gasteiger partial charge in [0.15, 0.2) is 0 Å². The molecule has 0 saturated heterocycles. The van der Waals surface area contributed by atoms with E-state index in [0.717, 1.165) is 12.2 Å². The number of aliphatic carboxylic acids is 2. The van der Waals surface area contributed by atoms with Crippen molar-refractivity contribution in [1.29, 1.82) is 0 Å². The van der Waals surface area contributed by atoms with Crippen LogP contribution in [0.1, 0.15) is 65.2 Å². The first kappa shape index (κ1) is 27.1.